The third kappa shape index (κ3) is 4.38. The number of aryl methyl sites for hydroxylation is 1. The maximum atomic E-state index is 13.3. The number of carbonyl (C=O) groups excluding carboxylic acids is 1. The largest absolute Gasteiger partial charge is 0.471 e. The van der Waals surface area contributed by atoms with E-state index < -0.39 is 12.1 Å². The van der Waals surface area contributed by atoms with E-state index in [-0.39, 0.29) is 23.5 Å². The molecule has 4 aromatic rings. The summed E-state index contributed by atoms with van der Waals surface area (Å²) in [7, 11) is 0. The molecule has 0 saturated carbocycles. The zero-order chi connectivity index (χ0) is 21.8. The molecule has 0 saturated heterocycles. The molecule has 6 nitrogen and oxygen atoms in total. The molecule has 6 heteroatoms. The number of rotatable bonds is 7. The van der Waals surface area contributed by atoms with Crippen LogP contribution in [0.2, 0.25) is 0 Å². The van der Waals surface area contributed by atoms with Crippen LogP contribution in [-0.2, 0) is 22.6 Å². The van der Waals surface area contributed by atoms with E-state index in [2.05, 4.69) is 0 Å². The Kier molecular flexibility index (Phi) is 5.89. The lowest BCUT2D eigenvalue weighted by Gasteiger charge is -2.16. The van der Waals surface area contributed by atoms with Crippen LogP contribution in [0.25, 0.3) is 22.5 Å². The third-order valence-electron chi connectivity index (χ3n) is 4.92. The van der Waals surface area contributed by atoms with Crippen molar-refractivity contribution in [2.75, 3.05) is 0 Å². The van der Waals surface area contributed by atoms with Crippen LogP contribution in [0.5, 0.6) is 5.75 Å². The minimum atomic E-state index is -1.02. The first-order valence-electron chi connectivity index (χ1n) is 10.1. The maximum absolute atomic E-state index is 13.3. The molecular weight excluding hydrogens is 396 g/mol. The van der Waals surface area contributed by atoms with Crippen molar-refractivity contribution in [1.82, 2.24) is 0 Å². The highest BCUT2D eigenvalue weighted by atomic mass is 16.6. The van der Waals surface area contributed by atoms with Gasteiger partial charge >= 0.3 is 5.97 Å². The van der Waals surface area contributed by atoms with E-state index in [1.807, 2.05) is 43.3 Å². The first kappa shape index (κ1) is 20.5. The van der Waals surface area contributed by atoms with Gasteiger partial charge in [0.05, 0.1) is 11.6 Å². The van der Waals surface area contributed by atoms with Gasteiger partial charge in [-0.2, -0.15) is 0 Å². The van der Waals surface area contributed by atoms with E-state index in [0.29, 0.717) is 16.7 Å². The molecule has 0 unspecified atom stereocenters. The fourth-order valence-electron chi connectivity index (χ4n) is 3.19. The first-order valence-corrected chi connectivity index (χ1v) is 10.1. The zero-order valence-electron chi connectivity index (χ0n) is 17.3. The average Bonchev–Trinajstić information content (AvgIpc) is 3.34. The molecule has 0 spiro atoms. The SMILES string of the molecule is CCc1ccc2oc(-c3ccco3)c(O[C@H](C)C(=O)OCc3ccccc3)c(=O)c2c1. The Hall–Kier alpha value is -3.80. The number of carbonyl (C=O) groups is 1. The van der Waals surface area contributed by atoms with Crippen LogP contribution in [0.1, 0.15) is 25.0 Å². The minimum absolute atomic E-state index is 0.0835. The molecule has 2 heterocycles. The van der Waals surface area contributed by atoms with Gasteiger partial charge in [-0.1, -0.05) is 43.3 Å². The Balaban J connectivity index is 1.66. The fourth-order valence-corrected chi connectivity index (χ4v) is 3.19. The summed E-state index contributed by atoms with van der Waals surface area (Å²) in [6.45, 7) is 3.65. The van der Waals surface area contributed by atoms with E-state index >= 15 is 0 Å². The standard InChI is InChI=1S/C25H22O6/c1-3-17-11-12-20-19(14-17)22(26)24(23(31-20)21-10-7-13-28-21)30-16(2)25(27)29-15-18-8-5-4-6-9-18/h4-14,16H,3,15H2,1-2H3/t16-/m1/s1. The average molecular weight is 418 g/mol. The molecule has 0 N–H and O–H groups in total. The molecule has 2 aromatic carbocycles. The lowest BCUT2D eigenvalue weighted by Crippen LogP contribution is -2.28. The summed E-state index contributed by atoms with van der Waals surface area (Å²) in [4.78, 5) is 25.8. The summed E-state index contributed by atoms with van der Waals surface area (Å²) in [5.41, 5.74) is 1.90. The first-order chi connectivity index (χ1) is 15.1. The van der Waals surface area contributed by atoms with Crippen molar-refractivity contribution in [3.63, 3.8) is 0 Å². The predicted octanol–water partition coefficient (Wildman–Crippen LogP) is 5.13. The summed E-state index contributed by atoms with van der Waals surface area (Å²) in [6.07, 6.45) is 1.22. The summed E-state index contributed by atoms with van der Waals surface area (Å²) in [5.74, 6) is -0.205. The Morgan fingerprint density at radius 1 is 1.03 bits per heavy atom. The summed E-state index contributed by atoms with van der Waals surface area (Å²) < 4.78 is 22.5. The van der Waals surface area contributed by atoms with Gasteiger partial charge in [0.15, 0.2) is 11.9 Å². The van der Waals surface area contributed by atoms with Crippen LogP contribution >= 0.6 is 0 Å². The van der Waals surface area contributed by atoms with Gasteiger partial charge < -0.3 is 18.3 Å². The number of ether oxygens (including phenoxy) is 2. The van der Waals surface area contributed by atoms with Gasteiger partial charge in [0.2, 0.25) is 16.9 Å². The molecule has 31 heavy (non-hydrogen) atoms. The van der Waals surface area contributed by atoms with Crippen molar-refractivity contribution in [2.45, 2.75) is 33.0 Å². The second kappa shape index (κ2) is 8.92. The van der Waals surface area contributed by atoms with Gasteiger partial charge in [-0.25, -0.2) is 4.79 Å². The van der Waals surface area contributed by atoms with Crippen LogP contribution in [0.15, 0.2) is 80.6 Å². The van der Waals surface area contributed by atoms with Crippen LogP contribution in [-0.4, -0.2) is 12.1 Å². The molecule has 0 aliphatic rings. The fraction of sp³-hybridized carbons (Fsp3) is 0.200. The Morgan fingerprint density at radius 2 is 1.84 bits per heavy atom. The highest BCUT2D eigenvalue weighted by Crippen LogP contribution is 2.32. The topological polar surface area (TPSA) is 78.9 Å². The summed E-state index contributed by atoms with van der Waals surface area (Å²) in [6, 6.07) is 18.1. The highest BCUT2D eigenvalue weighted by molar-refractivity contribution is 5.82. The van der Waals surface area contributed by atoms with E-state index in [4.69, 9.17) is 18.3 Å². The van der Waals surface area contributed by atoms with Crippen LogP contribution in [0.4, 0.5) is 0 Å². The third-order valence-corrected chi connectivity index (χ3v) is 4.92. The molecule has 0 radical (unpaired) electrons. The molecule has 0 fully saturated rings. The summed E-state index contributed by atoms with van der Waals surface area (Å²) in [5, 5.41) is 0.384. The highest BCUT2D eigenvalue weighted by Gasteiger charge is 2.25. The van der Waals surface area contributed by atoms with Gasteiger partial charge in [-0.3, -0.25) is 4.79 Å². The predicted molar refractivity (Wildman–Crippen MR) is 116 cm³/mol. The smallest absolute Gasteiger partial charge is 0.347 e. The van der Waals surface area contributed by atoms with Crippen molar-refractivity contribution in [3.05, 3.63) is 88.3 Å². The molecular formula is C25H22O6. The van der Waals surface area contributed by atoms with Crippen LogP contribution in [0, 0.1) is 0 Å². The van der Waals surface area contributed by atoms with Crippen molar-refractivity contribution in [2.24, 2.45) is 0 Å². The maximum Gasteiger partial charge on any atom is 0.347 e. The molecule has 158 valence electrons. The van der Waals surface area contributed by atoms with Gasteiger partial charge in [-0.05, 0) is 48.7 Å². The second-order valence-electron chi connectivity index (χ2n) is 7.10. The minimum Gasteiger partial charge on any atom is -0.471 e. The lowest BCUT2D eigenvalue weighted by molar-refractivity contribution is -0.152. The molecule has 0 bridgehead atoms. The quantitative estimate of drug-likeness (QED) is 0.387. The van der Waals surface area contributed by atoms with Crippen molar-refractivity contribution < 1.29 is 23.1 Å². The molecule has 1 atom stereocenters. The van der Waals surface area contributed by atoms with Gasteiger partial charge in [0, 0.05) is 0 Å². The Bertz CT molecular complexity index is 1240. The number of hydrogen-bond donors (Lipinski definition) is 0. The van der Waals surface area contributed by atoms with Crippen molar-refractivity contribution in [1.29, 1.82) is 0 Å². The Labute approximate surface area is 179 Å². The number of fused-ring (bicyclic) bond motifs is 1. The van der Waals surface area contributed by atoms with Gasteiger partial charge in [-0.15, -0.1) is 0 Å². The van der Waals surface area contributed by atoms with E-state index in [0.717, 1.165) is 17.5 Å². The molecule has 2 aromatic heterocycles. The Morgan fingerprint density at radius 3 is 2.55 bits per heavy atom. The van der Waals surface area contributed by atoms with E-state index in [1.165, 1.54) is 13.2 Å². The van der Waals surface area contributed by atoms with Gasteiger partial charge in [0.25, 0.3) is 0 Å². The normalized spacial score (nSPS) is 11.9. The van der Waals surface area contributed by atoms with Crippen molar-refractivity contribution in [3.8, 4) is 17.3 Å². The molecule has 4 rings (SSSR count). The molecule has 0 amide bonds. The lowest BCUT2D eigenvalue weighted by atomic mass is 10.1. The number of esters is 1. The molecule has 0 aliphatic heterocycles. The van der Waals surface area contributed by atoms with Crippen LogP contribution < -0.4 is 10.2 Å². The molecule has 0 aliphatic carbocycles. The second-order valence-corrected chi connectivity index (χ2v) is 7.10. The van der Waals surface area contributed by atoms with Crippen LogP contribution in [0.3, 0.4) is 0 Å². The summed E-state index contributed by atoms with van der Waals surface area (Å²) >= 11 is 0. The number of benzene rings is 2. The van der Waals surface area contributed by atoms with Gasteiger partial charge in [0.1, 0.15) is 12.2 Å². The van der Waals surface area contributed by atoms with E-state index in [1.54, 1.807) is 24.3 Å². The number of furan rings is 1. The van der Waals surface area contributed by atoms with E-state index in [9.17, 15) is 9.59 Å². The monoisotopic (exact) mass is 418 g/mol. The van der Waals surface area contributed by atoms with Crippen molar-refractivity contribution >= 4 is 16.9 Å². The zero-order valence-corrected chi connectivity index (χ0v) is 17.3. The number of hydrogen-bond acceptors (Lipinski definition) is 6.